The van der Waals surface area contributed by atoms with Gasteiger partial charge in [0.1, 0.15) is 18.2 Å². The molecule has 0 saturated heterocycles. The summed E-state index contributed by atoms with van der Waals surface area (Å²) >= 11 is 0. The van der Waals surface area contributed by atoms with Crippen LogP contribution in [-0.4, -0.2) is 17.2 Å². The number of carbonyl (C=O) groups excluding carboxylic acids is 1. The maximum absolute atomic E-state index is 13.0. The van der Waals surface area contributed by atoms with Crippen LogP contribution in [0.3, 0.4) is 0 Å². The number of rotatable bonds is 8. The molecule has 0 unspecified atom stereocenters. The highest BCUT2D eigenvalue weighted by molar-refractivity contribution is 5.91. The second-order valence-corrected chi connectivity index (χ2v) is 7.63. The molecule has 4 aromatic rings. The average Bonchev–Trinajstić information content (AvgIpc) is 2.89. The van der Waals surface area contributed by atoms with E-state index >= 15 is 0 Å². The number of carbonyl (C=O) groups is 1. The zero-order valence-electron chi connectivity index (χ0n) is 18.3. The van der Waals surface area contributed by atoms with Crippen molar-refractivity contribution in [1.29, 1.82) is 0 Å². The monoisotopic (exact) mass is 454 g/mol. The molecule has 0 fully saturated rings. The summed E-state index contributed by atoms with van der Waals surface area (Å²) in [5, 5.41) is 15.4. The number of hydrazone groups is 1. The van der Waals surface area contributed by atoms with Crippen LogP contribution >= 0.6 is 0 Å². The van der Waals surface area contributed by atoms with E-state index in [2.05, 4.69) is 10.5 Å². The van der Waals surface area contributed by atoms with Crippen molar-refractivity contribution in [1.82, 2.24) is 5.43 Å². The van der Waals surface area contributed by atoms with Gasteiger partial charge in [0.15, 0.2) is 5.60 Å². The maximum atomic E-state index is 13.0. The maximum Gasteiger partial charge on any atom is 0.281 e. The van der Waals surface area contributed by atoms with Gasteiger partial charge in [-0.3, -0.25) is 4.79 Å². The quantitative estimate of drug-likeness (QED) is 0.297. The Morgan fingerprint density at radius 3 is 1.97 bits per heavy atom. The van der Waals surface area contributed by atoms with Crippen molar-refractivity contribution in [2.24, 2.45) is 5.10 Å². The Morgan fingerprint density at radius 2 is 1.41 bits per heavy atom. The third kappa shape index (κ3) is 5.36. The van der Waals surface area contributed by atoms with E-state index in [1.807, 2.05) is 12.1 Å². The first-order valence-corrected chi connectivity index (χ1v) is 10.7. The Bertz CT molecular complexity index is 1200. The lowest BCUT2D eigenvalue weighted by Crippen LogP contribution is -2.43. The van der Waals surface area contributed by atoms with Crippen molar-refractivity contribution >= 4 is 12.1 Å². The van der Waals surface area contributed by atoms with Gasteiger partial charge in [-0.05, 0) is 58.7 Å². The van der Waals surface area contributed by atoms with Crippen molar-refractivity contribution in [3.8, 4) is 5.75 Å². The number of aliphatic hydroxyl groups is 1. The van der Waals surface area contributed by atoms with Gasteiger partial charge in [0.05, 0.1) is 6.21 Å². The largest absolute Gasteiger partial charge is 0.489 e. The zero-order valence-corrected chi connectivity index (χ0v) is 18.3. The number of amides is 1. The lowest BCUT2D eigenvalue weighted by molar-refractivity contribution is -0.136. The first-order chi connectivity index (χ1) is 16.6. The van der Waals surface area contributed by atoms with Crippen molar-refractivity contribution < 1.29 is 19.0 Å². The predicted octanol–water partition coefficient (Wildman–Crippen LogP) is 4.79. The van der Waals surface area contributed by atoms with Gasteiger partial charge >= 0.3 is 0 Å². The van der Waals surface area contributed by atoms with Gasteiger partial charge in [-0.25, -0.2) is 9.82 Å². The van der Waals surface area contributed by atoms with Crippen LogP contribution in [-0.2, 0) is 17.0 Å². The van der Waals surface area contributed by atoms with Crippen LogP contribution < -0.4 is 10.2 Å². The van der Waals surface area contributed by atoms with E-state index in [0.717, 1.165) is 11.1 Å². The van der Waals surface area contributed by atoms with Crippen LogP contribution in [0.2, 0.25) is 0 Å². The van der Waals surface area contributed by atoms with Crippen molar-refractivity contribution in [2.45, 2.75) is 12.2 Å². The summed E-state index contributed by atoms with van der Waals surface area (Å²) in [6, 6.07) is 30.7. The summed E-state index contributed by atoms with van der Waals surface area (Å²) in [4.78, 5) is 13.0. The van der Waals surface area contributed by atoms with Crippen LogP contribution in [0.4, 0.5) is 4.39 Å². The standard InChI is InChI=1S/C28H23FN2O3/c29-25-15-11-22(12-16-25)20-34-26-17-13-21(14-18-26)19-30-31-27(32)28(33,23-7-3-1-4-8-23)24-9-5-2-6-10-24/h1-19,33H,20H2,(H,31,32)/b30-19-. The van der Waals surface area contributed by atoms with Crippen LogP contribution in [0.15, 0.2) is 114 Å². The van der Waals surface area contributed by atoms with E-state index in [1.54, 1.807) is 84.9 Å². The molecule has 0 aliphatic carbocycles. The number of nitrogens with one attached hydrogen (secondary N) is 1. The molecule has 34 heavy (non-hydrogen) atoms. The molecule has 0 aromatic heterocycles. The highest BCUT2D eigenvalue weighted by atomic mass is 19.1. The van der Waals surface area contributed by atoms with Gasteiger partial charge in [0.25, 0.3) is 5.91 Å². The molecule has 0 spiro atoms. The minimum atomic E-state index is -1.89. The number of hydrogen-bond acceptors (Lipinski definition) is 4. The molecule has 0 bridgehead atoms. The Morgan fingerprint density at radius 1 is 0.853 bits per heavy atom. The Balaban J connectivity index is 1.41. The fourth-order valence-electron chi connectivity index (χ4n) is 3.43. The van der Waals surface area contributed by atoms with Gasteiger partial charge in [-0.2, -0.15) is 5.10 Å². The normalized spacial score (nSPS) is 11.4. The molecule has 0 saturated carbocycles. The first-order valence-electron chi connectivity index (χ1n) is 10.7. The molecule has 2 N–H and O–H groups in total. The molecule has 0 radical (unpaired) electrons. The van der Waals surface area contributed by atoms with Crippen LogP contribution in [0.25, 0.3) is 0 Å². The van der Waals surface area contributed by atoms with Crippen molar-refractivity contribution in [3.63, 3.8) is 0 Å². The number of hydrogen-bond donors (Lipinski definition) is 2. The fourth-order valence-corrected chi connectivity index (χ4v) is 3.43. The van der Waals surface area contributed by atoms with Crippen LogP contribution in [0.1, 0.15) is 22.3 Å². The third-order valence-electron chi connectivity index (χ3n) is 5.29. The Kier molecular flexibility index (Phi) is 7.10. The average molecular weight is 455 g/mol. The minimum absolute atomic E-state index is 0.287. The number of nitrogens with zero attached hydrogens (tertiary/aromatic N) is 1. The summed E-state index contributed by atoms with van der Waals surface area (Å²) in [7, 11) is 0. The van der Waals surface area contributed by atoms with Crippen molar-refractivity contribution in [3.05, 3.63) is 137 Å². The minimum Gasteiger partial charge on any atom is -0.489 e. The molecule has 5 nitrogen and oxygen atoms in total. The summed E-state index contributed by atoms with van der Waals surface area (Å²) in [6.45, 7) is 0.321. The van der Waals surface area contributed by atoms with E-state index in [1.165, 1.54) is 18.3 Å². The van der Waals surface area contributed by atoms with Gasteiger partial charge in [0.2, 0.25) is 0 Å². The Labute approximate surface area is 197 Å². The van der Waals surface area contributed by atoms with Crippen molar-refractivity contribution in [2.75, 3.05) is 0 Å². The molecule has 0 aliphatic rings. The smallest absolute Gasteiger partial charge is 0.281 e. The number of halogens is 1. The molecule has 0 atom stereocenters. The summed E-state index contributed by atoms with van der Waals surface area (Å²) < 4.78 is 18.7. The lowest BCUT2D eigenvalue weighted by Gasteiger charge is -2.27. The molecule has 6 heteroatoms. The summed E-state index contributed by atoms with van der Waals surface area (Å²) in [5.41, 5.74) is 3.04. The molecule has 0 aliphatic heterocycles. The second-order valence-electron chi connectivity index (χ2n) is 7.63. The van der Waals surface area contributed by atoms with Gasteiger partial charge < -0.3 is 9.84 Å². The van der Waals surface area contributed by atoms with Gasteiger partial charge in [-0.1, -0.05) is 72.8 Å². The molecule has 170 valence electrons. The molecular weight excluding hydrogens is 431 g/mol. The fraction of sp³-hybridized carbons (Fsp3) is 0.0714. The lowest BCUT2D eigenvalue weighted by atomic mass is 9.85. The molecule has 0 heterocycles. The molecular formula is C28H23FN2O3. The number of ether oxygens (including phenoxy) is 1. The summed E-state index contributed by atoms with van der Waals surface area (Å²) in [5.74, 6) is -0.307. The number of benzene rings is 4. The van der Waals surface area contributed by atoms with Gasteiger partial charge in [0, 0.05) is 0 Å². The predicted molar refractivity (Wildman–Crippen MR) is 129 cm³/mol. The van der Waals surface area contributed by atoms with E-state index in [4.69, 9.17) is 4.74 Å². The van der Waals surface area contributed by atoms with E-state index in [-0.39, 0.29) is 5.82 Å². The topological polar surface area (TPSA) is 70.9 Å². The molecule has 1 amide bonds. The van der Waals surface area contributed by atoms with Gasteiger partial charge in [-0.15, -0.1) is 0 Å². The Hall–Kier alpha value is -4.29. The van der Waals surface area contributed by atoms with E-state index in [0.29, 0.717) is 23.5 Å². The second kappa shape index (κ2) is 10.6. The third-order valence-corrected chi connectivity index (χ3v) is 5.29. The first kappa shape index (κ1) is 22.9. The summed E-state index contributed by atoms with van der Waals surface area (Å²) in [6.07, 6.45) is 1.48. The molecule has 4 aromatic carbocycles. The SMILES string of the molecule is O=C(N/N=C\c1ccc(OCc2ccc(F)cc2)cc1)C(O)(c1ccccc1)c1ccccc1. The van der Waals surface area contributed by atoms with E-state index < -0.39 is 11.5 Å². The van der Waals surface area contributed by atoms with E-state index in [9.17, 15) is 14.3 Å². The van der Waals surface area contributed by atoms with Crippen LogP contribution in [0.5, 0.6) is 5.75 Å². The van der Waals surface area contributed by atoms with Crippen LogP contribution in [0, 0.1) is 5.82 Å². The zero-order chi connectivity index (χ0) is 23.8. The highest BCUT2D eigenvalue weighted by Gasteiger charge is 2.39. The molecule has 4 rings (SSSR count). The highest BCUT2D eigenvalue weighted by Crippen LogP contribution is 2.29.